The van der Waals surface area contributed by atoms with Crippen LogP contribution in [-0.4, -0.2) is 4.98 Å². The third-order valence-corrected chi connectivity index (χ3v) is 5.60. The van der Waals surface area contributed by atoms with Gasteiger partial charge in [0, 0.05) is 11.9 Å². The quantitative estimate of drug-likeness (QED) is 0.256. The van der Waals surface area contributed by atoms with Crippen LogP contribution in [0.5, 0.6) is 0 Å². The van der Waals surface area contributed by atoms with E-state index in [1.54, 1.807) is 0 Å². The molecule has 1 rings (SSSR count). The Hall–Kier alpha value is -0.720. The number of nitrogens with one attached hydrogen (secondary N) is 1. The van der Waals surface area contributed by atoms with E-state index in [9.17, 15) is 0 Å². The van der Waals surface area contributed by atoms with Crippen molar-refractivity contribution in [1.29, 1.82) is 0 Å². The summed E-state index contributed by atoms with van der Waals surface area (Å²) < 4.78 is 0. The third-order valence-electron chi connectivity index (χ3n) is 5.60. The molecule has 0 aromatic carbocycles. The molecule has 1 N–H and O–H groups in total. The normalized spacial score (nSPS) is 12.6. The highest BCUT2D eigenvalue weighted by molar-refractivity contribution is 5.04. The van der Waals surface area contributed by atoms with Crippen molar-refractivity contribution in [3.05, 3.63) is 24.0 Å². The minimum atomic E-state index is 0.893. The fourth-order valence-electron chi connectivity index (χ4n) is 3.93. The SMILES string of the molecule is CCCCCCCCCCC(CCCCCCCC)Cc1ccc[nH]1. The van der Waals surface area contributed by atoms with Gasteiger partial charge in [-0.1, -0.05) is 117 Å². The van der Waals surface area contributed by atoms with Crippen molar-refractivity contribution in [2.24, 2.45) is 5.92 Å². The minimum Gasteiger partial charge on any atom is -0.365 e. The lowest BCUT2D eigenvalue weighted by Crippen LogP contribution is -2.05. The van der Waals surface area contributed by atoms with Gasteiger partial charge in [-0.25, -0.2) is 0 Å². The maximum atomic E-state index is 3.42. The zero-order valence-corrected chi connectivity index (χ0v) is 17.3. The van der Waals surface area contributed by atoms with Crippen LogP contribution in [0.4, 0.5) is 0 Å². The maximum Gasteiger partial charge on any atom is 0.0149 e. The van der Waals surface area contributed by atoms with Crippen molar-refractivity contribution in [2.75, 3.05) is 0 Å². The molecule has 0 radical (unpaired) electrons. The van der Waals surface area contributed by atoms with E-state index in [4.69, 9.17) is 0 Å². The molecule has 0 amide bonds. The van der Waals surface area contributed by atoms with Gasteiger partial charge in [0.25, 0.3) is 0 Å². The summed E-state index contributed by atoms with van der Waals surface area (Å²) in [6, 6.07) is 4.41. The summed E-state index contributed by atoms with van der Waals surface area (Å²) in [5, 5.41) is 0. The van der Waals surface area contributed by atoms with Gasteiger partial charge < -0.3 is 4.98 Å². The predicted octanol–water partition coefficient (Wildman–Crippen LogP) is 8.45. The molecule has 0 saturated carbocycles. The molecule has 0 saturated heterocycles. The summed E-state index contributed by atoms with van der Waals surface area (Å²) in [7, 11) is 0. The highest BCUT2D eigenvalue weighted by Gasteiger charge is 2.10. The first-order valence-corrected chi connectivity index (χ1v) is 11.5. The van der Waals surface area contributed by atoms with E-state index in [2.05, 4.69) is 37.2 Å². The van der Waals surface area contributed by atoms with Crippen molar-refractivity contribution in [2.45, 2.75) is 123 Å². The van der Waals surface area contributed by atoms with E-state index < -0.39 is 0 Å². The minimum absolute atomic E-state index is 0.893. The van der Waals surface area contributed by atoms with Crippen LogP contribution in [0.15, 0.2) is 18.3 Å². The summed E-state index contributed by atoms with van der Waals surface area (Å²) >= 11 is 0. The van der Waals surface area contributed by atoms with Gasteiger partial charge in [-0.3, -0.25) is 0 Å². The second kappa shape index (κ2) is 16.7. The van der Waals surface area contributed by atoms with Gasteiger partial charge in [-0.2, -0.15) is 0 Å². The Kier molecular flexibility index (Phi) is 14.9. The molecule has 1 heteroatoms. The number of unbranched alkanes of at least 4 members (excludes halogenated alkanes) is 12. The average molecular weight is 348 g/mol. The lowest BCUT2D eigenvalue weighted by Gasteiger charge is -2.16. The zero-order chi connectivity index (χ0) is 18.0. The van der Waals surface area contributed by atoms with Crippen molar-refractivity contribution in [1.82, 2.24) is 4.98 Å². The van der Waals surface area contributed by atoms with Crippen LogP contribution in [0.3, 0.4) is 0 Å². The standard InChI is InChI=1S/C24H45N/c1-3-5-7-9-11-12-14-16-19-23(22-24-20-17-21-25-24)18-15-13-10-8-6-4-2/h17,20-21,23,25H,3-16,18-19,22H2,1-2H3. The number of hydrogen-bond donors (Lipinski definition) is 1. The summed E-state index contributed by atoms with van der Waals surface area (Å²) in [6.07, 6.45) is 26.2. The Labute approximate surface area is 158 Å². The molecule has 1 heterocycles. The third kappa shape index (κ3) is 13.2. The van der Waals surface area contributed by atoms with Crippen LogP contribution in [0, 0.1) is 5.92 Å². The number of rotatable bonds is 18. The first kappa shape index (κ1) is 22.3. The second-order valence-electron chi connectivity index (χ2n) is 8.09. The van der Waals surface area contributed by atoms with Crippen LogP contribution < -0.4 is 0 Å². The molecule has 0 aliphatic rings. The Bertz CT molecular complexity index is 354. The van der Waals surface area contributed by atoms with Gasteiger partial charge in [-0.15, -0.1) is 0 Å². The van der Waals surface area contributed by atoms with Gasteiger partial charge in [-0.05, 0) is 24.5 Å². The van der Waals surface area contributed by atoms with Crippen LogP contribution in [0.1, 0.15) is 122 Å². The lowest BCUT2D eigenvalue weighted by atomic mass is 9.90. The van der Waals surface area contributed by atoms with E-state index in [0.717, 1.165) is 5.92 Å². The van der Waals surface area contributed by atoms with Gasteiger partial charge in [0.05, 0.1) is 0 Å². The lowest BCUT2D eigenvalue weighted by molar-refractivity contribution is 0.398. The van der Waals surface area contributed by atoms with Gasteiger partial charge >= 0.3 is 0 Å². The molecule has 0 spiro atoms. The van der Waals surface area contributed by atoms with Crippen molar-refractivity contribution < 1.29 is 0 Å². The first-order valence-electron chi connectivity index (χ1n) is 11.5. The van der Waals surface area contributed by atoms with E-state index in [1.807, 2.05) is 0 Å². The average Bonchev–Trinajstić information content (AvgIpc) is 3.13. The predicted molar refractivity (Wildman–Crippen MR) is 113 cm³/mol. The number of aromatic amines is 1. The fourth-order valence-corrected chi connectivity index (χ4v) is 3.93. The van der Waals surface area contributed by atoms with E-state index >= 15 is 0 Å². The van der Waals surface area contributed by atoms with Crippen LogP contribution in [-0.2, 0) is 6.42 Å². The molecule has 1 atom stereocenters. The number of H-pyrrole nitrogens is 1. The van der Waals surface area contributed by atoms with Crippen molar-refractivity contribution in [3.8, 4) is 0 Å². The monoisotopic (exact) mass is 347 g/mol. The summed E-state index contributed by atoms with van der Waals surface area (Å²) in [5.74, 6) is 0.893. The van der Waals surface area contributed by atoms with Crippen LogP contribution in [0.25, 0.3) is 0 Å². The van der Waals surface area contributed by atoms with E-state index in [-0.39, 0.29) is 0 Å². The Morgan fingerprint density at radius 1 is 0.680 bits per heavy atom. The van der Waals surface area contributed by atoms with Crippen LogP contribution in [0.2, 0.25) is 0 Å². The molecule has 1 unspecified atom stereocenters. The second-order valence-corrected chi connectivity index (χ2v) is 8.09. The first-order chi connectivity index (χ1) is 12.4. The van der Waals surface area contributed by atoms with Gasteiger partial charge in [0.2, 0.25) is 0 Å². The Morgan fingerprint density at radius 3 is 1.60 bits per heavy atom. The summed E-state index contributed by atoms with van der Waals surface area (Å²) in [5.41, 5.74) is 1.44. The molecule has 0 aliphatic carbocycles. The van der Waals surface area contributed by atoms with E-state index in [0.29, 0.717) is 0 Å². The van der Waals surface area contributed by atoms with E-state index in [1.165, 1.54) is 115 Å². The molecule has 0 aliphatic heterocycles. The number of hydrogen-bond acceptors (Lipinski definition) is 0. The topological polar surface area (TPSA) is 15.8 Å². The molecular weight excluding hydrogens is 302 g/mol. The largest absolute Gasteiger partial charge is 0.365 e. The Morgan fingerprint density at radius 2 is 1.16 bits per heavy atom. The fraction of sp³-hybridized carbons (Fsp3) is 0.833. The molecular formula is C24H45N. The van der Waals surface area contributed by atoms with Gasteiger partial charge in [0.15, 0.2) is 0 Å². The van der Waals surface area contributed by atoms with Crippen molar-refractivity contribution in [3.63, 3.8) is 0 Å². The van der Waals surface area contributed by atoms with Gasteiger partial charge in [0.1, 0.15) is 0 Å². The van der Waals surface area contributed by atoms with Crippen LogP contribution >= 0.6 is 0 Å². The Balaban J connectivity index is 2.13. The molecule has 1 nitrogen and oxygen atoms in total. The maximum absolute atomic E-state index is 3.42. The molecule has 0 bridgehead atoms. The molecule has 25 heavy (non-hydrogen) atoms. The number of aromatic nitrogens is 1. The zero-order valence-electron chi connectivity index (χ0n) is 17.3. The highest BCUT2D eigenvalue weighted by atomic mass is 14.7. The molecule has 1 aromatic heterocycles. The smallest absolute Gasteiger partial charge is 0.0149 e. The summed E-state index contributed by atoms with van der Waals surface area (Å²) in [4.78, 5) is 3.42. The molecule has 0 fully saturated rings. The van der Waals surface area contributed by atoms with Crippen molar-refractivity contribution >= 4 is 0 Å². The summed E-state index contributed by atoms with van der Waals surface area (Å²) in [6.45, 7) is 4.60. The highest BCUT2D eigenvalue weighted by Crippen LogP contribution is 2.22. The molecule has 146 valence electrons. The molecule has 1 aromatic rings.